The van der Waals surface area contributed by atoms with E-state index in [-0.39, 0.29) is 11.5 Å². The highest BCUT2D eigenvalue weighted by Gasteiger charge is 2.18. The second-order valence-corrected chi connectivity index (χ2v) is 14.0. The van der Waals surface area contributed by atoms with Gasteiger partial charge in [-0.3, -0.25) is 0 Å². The zero-order chi connectivity index (χ0) is 39.8. The summed E-state index contributed by atoms with van der Waals surface area (Å²) >= 11 is 0. The van der Waals surface area contributed by atoms with Crippen molar-refractivity contribution in [2.75, 3.05) is 0 Å². The van der Waals surface area contributed by atoms with E-state index in [4.69, 9.17) is 18.9 Å². The van der Waals surface area contributed by atoms with Gasteiger partial charge in [0.25, 0.3) is 0 Å². The lowest BCUT2D eigenvalue weighted by Gasteiger charge is -2.16. The van der Waals surface area contributed by atoms with E-state index in [0.29, 0.717) is 49.1 Å². The van der Waals surface area contributed by atoms with E-state index >= 15 is 0 Å². The molecule has 2 N–H and O–H groups in total. The highest BCUT2D eigenvalue weighted by Crippen LogP contribution is 2.45. The van der Waals surface area contributed by atoms with Gasteiger partial charge in [-0.15, -0.1) is 0 Å². The molecular formula is C52H42O6. The van der Waals surface area contributed by atoms with Crippen molar-refractivity contribution in [1.82, 2.24) is 0 Å². The molecule has 0 aliphatic carbocycles. The van der Waals surface area contributed by atoms with Gasteiger partial charge in [0.05, 0.1) is 0 Å². The van der Waals surface area contributed by atoms with Crippen molar-refractivity contribution in [3.05, 3.63) is 204 Å². The summed E-state index contributed by atoms with van der Waals surface area (Å²) < 4.78 is 24.5. The quantitative estimate of drug-likeness (QED) is 0.108. The van der Waals surface area contributed by atoms with Crippen molar-refractivity contribution in [3.63, 3.8) is 0 Å². The van der Waals surface area contributed by atoms with Crippen molar-refractivity contribution < 1.29 is 29.2 Å². The Morgan fingerprint density at radius 2 is 0.759 bits per heavy atom. The SMILES string of the molecule is C=Cc1ccc(COc2cccc(COc3ccc4c(-c5c(O)ccc6cc(OCc7cccc(OCc8ccc(C=C)cc8)c7)ccc56)c(O)ccc4c3)c2)cc1. The molecule has 0 saturated heterocycles. The number of rotatable bonds is 15. The molecule has 6 heteroatoms. The number of ether oxygens (including phenoxy) is 4. The third-order valence-electron chi connectivity index (χ3n) is 10.0. The topological polar surface area (TPSA) is 77.4 Å². The van der Waals surface area contributed by atoms with E-state index in [1.54, 1.807) is 12.1 Å². The summed E-state index contributed by atoms with van der Waals surface area (Å²) in [6.45, 7) is 9.23. The van der Waals surface area contributed by atoms with Crippen LogP contribution in [0.1, 0.15) is 33.4 Å². The third kappa shape index (κ3) is 8.67. The van der Waals surface area contributed by atoms with E-state index in [0.717, 1.165) is 66.4 Å². The first-order valence-corrected chi connectivity index (χ1v) is 19.1. The highest BCUT2D eigenvalue weighted by atomic mass is 16.5. The van der Waals surface area contributed by atoms with Crippen LogP contribution >= 0.6 is 0 Å². The lowest BCUT2D eigenvalue weighted by atomic mass is 9.92. The Bertz CT molecular complexity index is 2540. The fraction of sp³-hybridized carbons (Fsp3) is 0.0769. The maximum absolute atomic E-state index is 11.2. The molecule has 0 bridgehead atoms. The van der Waals surface area contributed by atoms with Crippen molar-refractivity contribution in [1.29, 1.82) is 0 Å². The van der Waals surface area contributed by atoms with Gasteiger partial charge in [0, 0.05) is 11.1 Å². The lowest BCUT2D eigenvalue weighted by molar-refractivity contribution is 0.296. The van der Waals surface area contributed by atoms with Crippen LogP contribution in [-0.4, -0.2) is 10.2 Å². The standard InChI is InChI=1S/C52H42O6/c1-3-35-11-15-37(16-12-35)31-55-43-9-5-7-39(27-43)33-57-45-21-23-47-41(29-45)19-25-49(53)51(47)52-48-24-22-46(30-42(48)20-26-50(52)54)58-34-40-8-6-10-44(28-40)56-32-38-17-13-36(4-2)14-18-38/h3-30,53-54H,1-2,31-34H2. The summed E-state index contributed by atoms with van der Waals surface area (Å²) in [4.78, 5) is 0. The Hall–Kier alpha value is -7.44. The summed E-state index contributed by atoms with van der Waals surface area (Å²) in [6.07, 6.45) is 3.64. The molecule has 0 aromatic heterocycles. The molecule has 8 rings (SSSR count). The molecular weight excluding hydrogens is 721 g/mol. The molecule has 0 fully saturated rings. The average molecular weight is 763 g/mol. The van der Waals surface area contributed by atoms with Gasteiger partial charge in [-0.2, -0.15) is 0 Å². The predicted molar refractivity (Wildman–Crippen MR) is 233 cm³/mol. The van der Waals surface area contributed by atoms with E-state index in [9.17, 15) is 10.2 Å². The Labute approximate surface area is 338 Å². The molecule has 0 heterocycles. The number of benzene rings is 8. The number of hydrogen-bond acceptors (Lipinski definition) is 6. The summed E-state index contributed by atoms with van der Waals surface area (Å²) in [5.74, 6) is 3.01. The zero-order valence-electron chi connectivity index (χ0n) is 31.9. The summed E-state index contributed by atoms with van der Waals surface area (Å²) in [6, 6.07) is 50.5. The van der Waals surface area contributed by atoms with Gasteiger partial charge in [0.1, 0.15) is 60.9 Å². The average Bonchev–Trinajstić information content (AvgIpc) is 3.27. The number of hydrogen-bond donors (Lipinski definition) is 2. The maximum Gasteiger partial charge on any atom is 0.124 e. The molecule has 8 aromatic carbocycles. The van der Waals surface area contributed by atoms with E-state index in [1.165, 1.54) is 0 Å². The molecule has 0 aliphatic rings. The zero-order valence-corrected chi connectivity index (χ0v) is 31.9. The molecule has 0 atom stereocenters. The minimum atomic E-state index is 0.0636. The van der Waals surface area contributed by atoms with Gasteiger partial charge in [0.15, 0.2) is 0 Å². The maximum atomic E-state index is 11.2. The summed E-state index contributed by atoms with van der Waals surface area (Å²) in [5, 5.41) is 25.8. The van der Waals surface area contributed by atoms with Crippen molar-refractivity contribution in [2.45, 2.75) is 26.4 Å². The first kappa shape index (κ1) is 37.5. The van der Waals surface area contributed by atoms with Gasteiger partial charge in [-0.05, 0) is 128 Å². The molecule has 58 heavy (non-hydrogen) atoms. The first-order valence-electron chi connectivity index (χ1n) is 19.1. The molecule has 286 valence electrons. The third-order valence-corrected chi connectivity index (χ3v) is 10.0. The number of fused-ring (bicyclic) bond motifs is 2. The second-order valence-electron chi connectivity index (χ2n) is 14.0. The van der Waals surface area contributed by atoms with E-state index in [1.807, 2.05) is 158 Å². The molecule has 0 unspecified atom stereocenters. The Morgan fingerprint density at radius 3 is 1.16 bits per heavy atom. The van der Waals surface area contributed by atoms with Gasteiger partial charge in [-0.25, -0.2) is 0 Å². The minimum absolute atomic E-state index is 0.0636. The fourth-order valence-corrected chi connectivity index (χ4v) is 6.91. The molecule has 0 spiro atoms. The van der Waals surface area contributed by atoms with Crippen molar-refractivity contribution in [2.24, 2.45) is 0 Å². The molecule has 0 aliphatic heterocycles. The lowest BCUT2D eigenvalue weighted by Crippen LogP contribution is -1.99. The highest BCUT2D eigenvalue weighted by molar-refractivity contribution is 6.10. The van der Waals surface area contributed by atoms with Gasteiger partial charge in [-0.1, -0.05) is 110 Å². The van der Waals surface area contributed by atoms with Crippen LogP contribution in [0.2, 0.25) is 0 Å². The fourth-order valence-electron chi connectivity index (χ4n) is 6.91. The Balaban J connectivity index is 0.952. The molecule has 0 saturated carbocycles. The van der Waals surface area contributed by atoms with E-state index < -0.39 is 0 Å². The molecule has 0 amide bonds. The first-order chi connectivity index (χ1) is 28.4. The minimum Gasteiger partial charge on any atom is -0.507 e. The number of phenols is 2. The predicted octanol–water partition coefficient (Wildman–Crippen LogP) is 12.7. The summed E-state index contributed by atoms with van der Waals surface area (Å²) in [7, 11) is 0. The van der Waals surface area contributed by atoms with Crippen LogP contribution in [0, 0.1) is 0 Å². The molecule has 0 radical (unpaired) electrons. The van der Waals surface area contributed by atoms with Crippen molar-refractivity contribution in [3.8, 4) is 45.6 Å². The number of phenolic OH excluding ortho intramolecular Hbond substituents is 2. The largest absolute Gasteiger partial charge is 0.507 e. The Kier molecular flexibility index (Phi) is 11.1. The van der Waals surface area contributed by atoms with Gasteiger partial charge >= 0.3 is 0 Å². The van der Waals surface area contributed by atoms with Crippen LogP contribution in [0.5, 0.6) is 34.5 Å². The normalized spacial score (nSPS) is 11.0. The van der Waals surface area contributed by atoms with Crippen molar-refractivity contribution >= 4 is 33.7 Å². The molecule has 6 nitrogen and oxygen atoms in total. The summed E-state index contributed by atoms with van der Waals surface area (Å²) in [5.41, 5.74) is 7.32. The van der Waals surface area contributed by atoms with Crippen LogP contribution in [0.4, 0.5) is 0 Å². The Morgan fingerprint density at radius 1 is 0.379 bits per heavy atom. The van der Waals surface area contributed by atoms with Crippen LogP contribution in [0.25, 0.3) is 44.8 Å². The van der Waals surface area contributed by atoms with Crippen LogP contribution < -0.4 is 18.9 Å². The smallest absolute Gasteiger partial charge is 0.124 e. The van der Waals surface area contributed by atoms with Crippen LogP contribution in [0.15, 0.2) is 171 Å². The van der Waals surface area contributed by atoms with Gasteiger partial charge in [0.2, 0.25) is 0 Å². The monoisotopic (exact) mass is 762 g/mol. The van der Waals surface area contributed by atoms with Gasteiger partial charge < -0.3 is 29.2 Å². The molecule has 8 aromatic rings. The number of aromatic hydroxyl groups is 2. The van der Waals surface area contributed by atoms with Crippen LogP contribution in [0.3, 0.4) is 0 Å². The van der Waals surface area contributed by atoms with Crippen LogP contribution in [-0.2, 0) is 26.4 Å². The van der Waals surface area contributed by atoms with E-state index in [2.05, 4.69) is 13.2 Å². The second kappa shape index (κ2) is 17.1.